The lowest BCUT2D eigenvalue weighted by Crippen LogP contribution is -1.92. The molecule has 0 radical (unpaired) electrons. The summed E-state index contributed by atoms with van der Waals surface area (Å²) in [7, 11) is 0. The first-order valence-electron chi connectivity index (χ1n) is 3.01. The van der Waals surface area contributed by atoms with Gasteiger partial charge in [-0.25, -0.2) is 0 Å². The first-order chi connectivity index (χ1) is 5.24. The van der Waals surface area contributed by atoms with Crippen molar-refractivity contribution in [1.29, 1.82) is 5.26 Å². The molecular weight excluding hydrogens is 162 g/mol. The Balaban J connectivity index is 3.01. The van der Waals surface area contributed by atoms with E-state index in [2.05, 4.69) is 4.98 Å². The maximum Gasteiger partial charge on any atom is 0.0789 e. The van der Waals surface area contributed by atoms with Gasteiger partial charge in [-0.15, -0.1) is 0 Å². The maximum atomic E-state index is 8.33. The lowest BCUT2D eigenvalue weighted by atomic mass is 10.3. The standard InChI is InChI=1S/C7H6ClN3/c8-6-3-5(10)4-11-7(6)1-2-9/h3-4H,1,10H2. The number of rotatable bonds is 1. The van der Waals surface area contributed by atoms with Gasteiger partial charge in [0.15, 0.2) is 0 Å². The molecule has 4 heteroatoms. The molecule has 2 N–H and O–H groups in total. The van der Waals surface area contributed by atoms with Gasteiger partial charge in [0.05, 0.1) is 35.1 Å². The summed E-state index contributed by atoms with van der Waals surface area (Å²) in [5, 5.41) is 8.78. The number of halogens is 1. The molecular formula is C7H6ClN3. The molecule has 0 fully saturated rings. The molecule has 56 valence electrons. The molecule has 0 bridgehead atoms. The Bertz CT molecular complexity index is 303. The molecule has 1 aromatic rings. The summed E-state index contributed by atoms with van der Waals surface area (Å²) >= 11 is 5.71. The van der Waals surface area contributed by atoms with Gasteiger partial charge in [-0.05, 0) is 6.07 Å². The molecule has 0 aromatic carbocycles. The number of nitriles is 1. The molecule has 0 aliphatic carbocycles. The summed E-state index contributed by atoms with van der Waals surface area (Å²) in [6.45, 7) is 0. The second-order valence-corrected chi connectivity index (χ2v) is 2.44. The predicted octanol–water partition coefficient (Wildman–Crippen LogP) is 1.38. The number of nitrogen functional groups attached to an aromatic ring is 1. The fourth-order valence-corrected chi connectivity index (χ4v) is 0.928. The van der Waals surface area contributed by atoms with E-state index in [9.17, 15) is 0 Å². The monoisotopic (exact) mass is 167 g/mol. The van der Waals surface area contributed by atoms with Crippen LogP contribution in [0.5, 0.6) is 0 Å². The van der Waals surface area contributed by atoms with E-state index in [-0.39, 0.29) is 6.42 Å². The fourth-order valence-electron chi connectivity index (χ4n) is 0.686. The third kappa shape index (κ3) is 1.82. The molecule has 0 unspecified atom stereocenters. The summed E-state index contributed by atoms with van der Waals surface area (Å²) < 4.78 is 0. The Morgan fingerprint density at radius 1 is 1.73 bits per heavy atom. The van der Waals surface area contributed by atoms with Crippen molar-refractivity contribution in [2.45, 2.75) is 6.42 Å². The zero-order valence-corrected chi connectivity index (χ0v) is 6.47. The predicted molar refractivity (Wildman–Crippen MR) is 43.0 cm³/mol. The van der Waals surface area contributed by atoms with Gasteiger partial charge in [0.2, 0.25) is 0 Å². The molecule has 0 atom stereocenters. The molecule has 0 aliphatic heterocycles. The Morgan fingerprint density at radius 3 is 3.00 bits per heavy atom. The first-order valence-corrected chi connectivity index (χ1v) is 3.38. The van der Waals surface area contributed by atoms with Crippen LogP contribution in [0.3, 0.4) is 0 Å². The third-order valence-corrected chi connectivity index (χ3v) is 1.51. The van der Waals surface area contributed by atoms with Crippen molar-refractivity contribution in [3.8, 4) is 6.07 Å². The van der Waals surface area contributed by atoms with Crippen LogP contribution >= 0.6 is 11.6 Å². The van der Waals surface area contributed by atoms with Gasteiger partial charge in [-0.1, -0.05) is 11.6 Å². The summed E-state index contributed by atoms with van der Waals surface area (Å²) in [6, 6.07) is 3.54. The van der Waals surface area contributed by atoms with Crippen LogP contribution in [0, 0.1) is 11.3 Å². The maximum absolute atomic E-state index is 8.33. The fraction of sp³-hybridized carbons (Fsp3) is 0.143. The lowest BCUT2D eigenvalue weighted by molar-refractivity contribution is 1.12. The van der Waals surface area contributed by atoms with E-state index in [1.165, 1.54) is 6.20 Å². The van der Waals surface area contributed by atoms with E-state index in [1.54, 1.807) is 6.07 Å². The molecule has 3 nitrogen and oxygen atoms in total. The van der Waals surface area contributed by atoms with Gasteiger partial charge in [-0.2, -0.15) is 5.26 Å². The molecule has 0 saturated carbocycles. The van der Waals surface area contributed by atoms with E-state index in [1.807, 2.05) is 6.07 Å². The zero-order chi connectivity index (χ0) is 8.27. The van der Waals surface area contributed by atoms with Gasteiger partial charge >= 0.3 is 0 Å². The quantitative estimate of drug-likeness (QED) is 0.688. The van der Waals surface area contributed by atoms with E-state index in [0.717, 1.165) is 0 Å². The lowest BCUT2D eigenvalue weighted by Gasteiger charge is -1.97. The van der Waals surface area contributed by atoms with Gasteiger partial charge in [0.1, 0.15) is 0 Å². The van der Waals surface area contributed by atoms with Crippen LogP contribution in [0.2, 0.25) is 5.02 Å². The molecule has 1 heterocycles. The number of hydrogen-bond donors (Lipinski definition) is 1. The highest BCUT2D eigenvalue weighted by Crippen LogP contribution is 2.16. The Morgan fingerprint density at radius 2 is 2.45 bits per heavy atom. The number of aromatic nitrogens is 1. The largest absolute Gasteiger partial charge is 0.397 e. The minimum absolute atomic E-state index is 0.221. The highest BCUT2D eigenvalue weighted by atomic mass is 35.5. The zero-order valence-electron chi connectivity index (χ0n) is 5.71. The SMILES string of the molecule is N#CCc1ncc(N)cc1Cl. The summed E-state index contributed by atoms with van der Waals surface area (Å²) in [6.07, 6.45) is 1.71. The minimum Gasteiger partial charge on any atom is -0.397 e. The summed E-state index contributed by atoms with van der Waals surface area (Å²) in [5.74, 6) is 0. The van der Waals surface area contributed by atoms with Crippen LogP contribution in [0.25, 0.3) is 0 Å². The van der Waals surface area contributed by atoms with Crippen LogP contribution in [0.1, 0.15) is 5.69 Å². The highest BCUT2D eigenvalue weighted by molar-refractivity contribution is 6.31. The van der Waals surface area contributed by atoms with Crippen molar-refractivity contribution < 1.29 is 0 Å². The van der Waals surface area contributed by atoms with Crippen LogP contribution in [0.15, 0.2) is 12.3 Å². The van der Waals surface area contributed by atoms with E-state index >= 15 is 0 Å². The number of pyridine rings is 1. The number of anilines is 1. The average Bonchev–Trinajstić information content (AvgIpc) is 1.95. The summed E-state index contributed by atoms with van der Waals surface area (Å²) in [4.78, 5) is 3.89. The van der Waals surface area contributed by atoms with Crippen molar-refractivity contribution in [2.24, 2.45) is 0 Å². The second-order valence-electron chi connectivity index (χ2n) is 2.03. The van der Waals surface area contributed by atoms with Gasteiger partial charge in [-0.3, -0.25) is 4.98 Å². The Kier molecular flexibility index (Phi) is 2.29. The first kappa shape index (κ1) is 7.83. The molecule has 0 aliphatic rings. The number of nitrogens with zero attached hydrogens (tertiary/aromatic N) is 2. The van der Waals surface area contributed by atoms with Crippen molar-refractivity contribution in [3.05, 3.63) is 23.0 Å². The van der Waals surface area contributed by atoms with Gasteiger partial charge in [0.25, 0.3) is 0 Å². The normalized spacial score (nSPS) is 9.09. The minimum atomic E-state index is 0.221. The Labute approximate surface area is 69.4 Å². The van der Waals surface area contributed by atoms with Gasteiger partial charge < -0.3 is 5.73 Å². The highest BCUT2D eigenvalue weighted by Gasteiger charge is 2.00. The van der Waals surface area contributed by atoms with Crippen LogP contribution < -0.4 is 5.73 Å². The van der Waals surface area contributed by atoms with Gasteiger partial charge in [0, 0.05) is 0 Å². The average molecular weight is 168 g/mol. The molecule has 0 saturated heterocycles. The second kappa shape index (κ2) is 3.22. The smallest absolute Gasteiger partial charge is 0.0789 e. The van der Waals surface area contributed by atoms with Crippen molar-refractivity contribution in [2.75, 3.05) is 5.73 Å². The number of hydrogen-bond acceptors (Lipinski definition) is 3. The number of nitrogens with two attached hydrogens (primary N) is 1. The van der Waals surface area contributed by atoms with E-state index in [0.29, 0.717) is 16.4 Å². The van der Waals surface area contributed by atoms with Crippen LogP contribution in [0.4, 0.5) is 5.69 Å². The topological polar surface area (TPSA) is 62.7 Å². The van der Waals surface area contributed by atoms with E-state index in [4.69, 9.17) is 22.6 Å². The van der Waals surface area contributed by atoms with E-state index < -0.39 is 0 Å². The van der Waals surface area contributed by atoms with Crippen molar-refractivity contribution >= 4 is 17.3 Å². The molecule has 1 aromatic heterocycles. The molecule has 0 amide bonds. The van der Waals surface area contributed by atoms with Crippen molar-refractivity contribution in [1.82, 2.24) is 4.98 Å². The molecule has 0 spiro atoms. The Hall–Kier alpha value is -1.27. The van der Waals surface area contributed by atoms with Crippen molar-refractivity contribution in [3.63, 3.8) is 0 Å². The van der Waals surface area contributed by atoms with Crippen LogP contribution in [-0.2, 0) is 6.42 Å². The third-order valence-electron chi connectivity index (χ3n) is 1.19. The molecule has 1 rings (SSSR count). The van der Waals surface area contributed by atoms with Crippen LogP contribution in [-0.4, -0.2) is 4.98 Å². The summed E-state index contributed by atoms with van der Waals surface area (Å²) in [5.41, 5.74) is 6.48. The molecule has 11 heavy (non-hydrogen) atoms.